The summed E-state index contributed by atoms with van der Waals surface area (Å²) in [4.78, 5) is 5.76. The molecule has 1 saturated carbocycles. The Hall–Kier alpha value is -0.980. The summed E-state index contributed by atoms with van der Waals surface area (Å²) < 4.78 is 37.4. The number of halogens is 3. The minimum Gasteiger partial charge on any atom is -0.356 e. The van der Waals surface area contributed by atoms with Gasteiger partial charge in [0, 0.05) is 26.2 Å². The van der Waals surface area contributed by atoms with Crippen LogP contribution in [0.1, 0.15) is 58.3 Å². The van der Waals surface area contributed by atoms with Crippen molar-refractivity contribution in [2.24, 2.45) is 16.8 Å². The fourth-order valence-corrected chi connectivity index (χ4v) is 4.18. The number of hydrogen-bond acceptors (Lipinski definition) is 2. The fraction of sp³-hybridized carbons (Fsp3) is 0.947. The van der Waals surface area contributed by atoms with Gasteiger partial charge in [-0.3, -0.25) is 9.89 Å². The number of guanidine groups is 1. The van der Waals surface area contributed by atoms with E-state index in [4.69, 9.17) is 0 Å². The van der Waals surface area contributed by atoms with E-state index in [1.165, 1.54) is 43.4 Å². The van der Waals surface area contributed by atoms with Gasteiger partial charge in [-0.15, -0.1) is 0 Å². The highest BCUT2D eigenvalue weighted by Crippen LogP contribution is 2.27. The topological polar surface area (TPSA) is 39.7 Å². The molecule has 1 heterocycles. The van der Waals surface area contributed by atoms with Crippen LogP contribution in [0.15, 0.2) is 4.99 Å². The number of hydrogen-bond donors (Lipinski definition) is 2. The number of nitrogens with one attached hydrogen (secondary N) is 2. The third-order valence-electron chi connectivity index (χ3n) is 5.67. The number of nitrogens with zero attached hydrogens (tertiary/aromatic N) is 2. The summed E-state index contributed by atoms with van der Waals surface area (Å²) >= 11 is 0. The zero-order valence-corrected chi connectivity index (χ0v) is 16.2. The Morgan fingerprint density at radius 3 is 2.54 bits per heavy atom. The van der Waals surface area contributed by atoms with Gasteiger partial charge < -0.3 is 10.6 Å². The molecular formula is C19H35F3N4. The molecule has 0 bridgehead atoms. The molecule has 0 aromatic rings. The maximum atomic E-state index is 12.5. The Kier molecular flexibility index (Phi) is 8.51. The molecule has 0 aromatic heterocycles. The van der Waals surface area contributed by atoms with Crippen molar-refractivity contribution >= 4 is 5.96 Å². The van der Waals surface area contributed by atoms with Crippen LogP contribution in [-0.4, -0.2) is 56.3 Å². The minimum atomic E-state index is -4.10. The van der Waals surface area contributed by atoms with Crippen LogP contribution in [0, 0.1) is 11.8 Å². The van der Waals surface area contributed by atoms with E-state index in [0.29, 0.717) is 25.7 Å². The highest BCUT2D eigenvalue weighted by molar-refractivity contribution is 5.79. The second kappa shape index (κ2) is 10.4. The average Bonchev–Trinajstić information content (AvgIpc) is 3.03. The van der Waals surface area contributed by atoms with Crippen molar-refractivity contribution in [1.82, 2.24) is 15.5 Å². The molecular weight excluding hydrogens is 341 g/mol. The molecule has 152 valence electrons. The Bertz CT molecular complexity index is 433. The largest absolute Gasteiger partial charge is 0.401 e. The van der Waals surface area contributed by atoms with Gasteiger partial charge in [0.15, 0.2) is 5.96 Å². The lowest BCUT2D eigenvalue weighted by atomic mass is 9.85. The van der Waals surface area contributed by atoms with Crippen LogP contribution in [0.2, 0.25) is 0 Å². The van der Waals surface area contributed by atoms with Crippen LogP contribution < -0.4 is 10.6 Å². The maximum absolute atomic E-state index is 12.5. The third kappa shape index (κ3) is 8.14. The van der Waals surface area contributed by atoms with Crippen LogP contribution >= 0.6 is 0 Å². The van der Waals surface area contributed by atoms with Crippen LogP contribution in [0.3, 0.4) is 0 Å². The second-order valence-electron chi connectivity index (χ2n) is 8.08. The van der Waals surface area contributed by atoms with Gasteiger partial charge in [-0.1, -0.05) is 32.1 Å². The molecule has 7 heteroatoms. The summed E-state index contributed by atoms with van der Waals surface area (Å²) in [6.07, 6.45) is 5.98. The van der Waals surface area contributed by atoms with Crippen LogP contribution in [-0.2, 0) is 0 Å². The van der Waals surface area contributed by atoms with E-state index < -0.39 is 12.7 Å². The first-order chi connectivity index (χ1) is 12.4. The van der Waals surface area contributed by atoms with Crippen molar-refractivity contribution in [2.45, 2.75) is 70.5 Å². The minimum absolute atomic E-state index is 0.244. The average molecular weight is 377 g/mol. The zero-order valence-electron chi connectivity index (χ0n) is 16.2. The standard InChI is InChI=1S/C19H35F3N4/c1-15(8-9-16-6-4-3-5-7-16)25-18(23-2)24-12-17-10-11-26(13-17)14-19(20,21)22/h15-17H,3-14H2,1-2H3,(H2,23,24,25). The molecule has 26 heavy (non-hydrogen) atoms. The summed E-state index contributed by atoms with van der Waals surface area (Å²) in [6, 6.07) is 0.355. The van der Waals surface area contributed by atoms with E-state index in [2.05, 4.69) is 22.5 Å². The van der Waals surface area contributed by atoms with E-state index in [1.807, 2.05) is 0 Å². The summed E-state index contributed by atoms with van der Waals surface area (Å²) in [5, 5.41) is 6.72. The van der Waals surface area contributed by atoms with Crippen molar-refractivity contribution in [3.63, 3.8) is 0 Å². The monoisotopic (exact) mass is 376 g/mol. The Morgan fingerprint density at radius 2 is 1.88 bits per heavy atom. The number of likely N-dealkylation sites (tertiary alicyclic amines) is 1. The second-order valence-corrected chi connectivity index (χ2v) is 8.08. The van der Waals surface area contributed by atoms with Crippen molar-refractivity contribution < 1.29 is 13.2 Å². The molecule has 2 rings (SSSR count). The summed E-state index contributed by atoms with van der Waals surface area (Å²) in [5.74, 6) is 1.88. The van der Waals surface area contributed by atoms with E-state index in [1.54, 1.807) is 7.05 Å². The quantitative estimate of drug-likeness (QED) is 0.525. The molecule has 0 spiro atoms. The molecule has 0 aromatic carbocycles. The van der Waals surface area contributed by atoms with E-state index >= 15 is 0 Å². The van der Waals surface area contributed by atoms with E-state index in [0.717, 1.165) is 24.7 Å². The Labute approximate surface area is 156 Å². The molecule has 0 amide bonds. The molecule has 0 radical (unpaired) electrons. The number of aliphatic imine (C=N–C) groups is 1. The van der Waals surface area contributed by atoms with Gasteiger partial charge in [-0.05, 0) is 44.6 Å². The molecule has 2 unspecified atom stereocenters. The predicted octanol–water partition coefficient (Wildman–Crippen LogP) is 3.78. The first-order valence-corrected chi connectivity index (χ1v) is 10.1. The van der Waals surface area contributed by atoms with Gasteiger partial charge in [-0.25, -0.2) is 0 Å². The van der Waals surface area contributed by atoms with E-state index in [9.17, 15) is 13.2 Å². The van der Waals surface area contributed by atoms with Gasteiger partial charge in [0.1, 0.15) is 0 Å². The van der Waals surface area contributed by atoms with E-state index in [-0.39, 0.29) is 5.92 Å². The molecule has 2 aliphatic rings. The summed E-state index contributed by atoms with van der Waals surface area (Å²) in [5.41, 5.74) is 0. The summed E-state index contributed by atoms with van der Waals surface area (Å²) in [7, 11) is 1.74. The molecule has 1 aliphatic carbocycles. The molecule has 4 nitrogen and oxygen atoms in total. The molecule has 2 fully saturated rings. The predicted molar refractivity (Wildman–Crippen MR) is 100 cm³/mol. The molecule has 1 aliphatic heterocycles. The first kappa shape index (κ1) is 21.3. The van der Waals surface area contributed by atoms with Crippen LogP contribution in [0.5, 0.6) is 0 Å². The number of rotatable bonds is 7. The van der Waals surface area contributed by atoms with Gasteiger partial charge in [0.25, 0.3) is 0 Å². The Morgan fingerprint density at radius 1 is 1.15 bits per heavy atom. The van der Waals surface area contributed by atoms with Crippen LogP contribution in [0.25, 0.3) is 0 Å². The highest BCUT2D eigenvalue weighted by atomic mass is 19.4. The number of alkyl halides is 3. The van der Waals surface area contributed by atoms with Gasteiger partial charge in [-0.2, -0.15) is 13.2 Å². The third-order valence-corrected chi connectivity index (χ3v) is 5.67. The molecule has 2 N–H and O–H groups in total. The summed E-state index contributed by atoms with van der Waals surface area (Å²) in [6.45, 7) is 3.07. The lowest BCUT2D eigenvalue weighted by Gasteiger charge is -2.24. The molecule has 1 saturated heterocycles. The maximum Gasteiger partial charge on any atom is 0.401 e. The smallest absolute Gasteiger partial charge is 0.356 e. The lowest BCUT2D eigenvalue weighted by molar-refractivity contribution is -0.143. The van der Waals surface area contributed by atoms with Crippen molar-refractivity contribution in [2.75, 3.05) is 33.2 Å². The first-order valence-electron chi connectivity index (χ1n) is 10.1. The van der Waals surface area contributed by atoms with Gasteiger partial charge >= 0.3 is 6.18 Å². The molecule has 2 atom stereocenters. The van der Waals surface area contributed by atoms with Crippen molar-refractivity contribution in [1.29, 1.82) is 0 Å². The van der Waals surface area contributed by atoms with Crippen LogP contribution in [0.4, 0.5) is 13.2 Å². The Balaban J connectivity index is 1.63. The van der Waals surface area contributed by atoms with Gasteiger partial charge in [0.05, 0.1) is 6.54 Å². The fourth-order valence-electron chi connectivity index (χ4n) is 4.18. The SMILES string of the molecule is CN=C(NCC1CCN(CC(F)(F)F)C1)NC(C)CCC1CCCCC1. The lowest BCUT2D eigenvalue weighted by Crippen LogP contribution is -2.44. The van der Waals surface area contributed by atoms with Crippen molar-refractivity contribution in [3.05, 3.63) is 0 Å². The normalized spacial score (nSPS) is 24.7. The van der Waals surface area contributed by atoms with Gasteiger partial charge in [0.2, 0.25) is 0 Å². The highest BCUT2D eigenvalue weighted by Gasteiger charge is 2.34. The van der Waals surface area contributed by atoms with Crippen molar-refractivity contribution in [3.8, 4) is 0 Å². The zero-order chi connectivity index (χ0) is 19.0.